The quantitative estimate of drug-likeness (QED) is 0.445. The molecule has 1 aromatic carbocycles. The monoisotopic (exact) mass is 435 g/mol. The van der Waals surface area contributed by atoms with Gasteiger partial charge in [-0.25, -0.2) is 9.78 Å². The number of esters is 1. The molecule has 4 rings (SSSR count). The molecule has 3 heterocycles. The molecule has 0 atom stereocenters. The number of benzene rings is 1. The minimum atomic E-state index is -0.450. The van der Waals surface area contributed by atoms with Crippen molar-refractivity contribution in [3.8, 4) is 11.3 Å². The largest absolute Gasteiger partial charge is 0.464 e. The molecule has 0 aliphatic heterocycles. The summed E-state index contributed by atoms with van der Waals surface area (Å²) in [4.78, 5) is 31.9. The van der Waals surface area contributed by atoms with Gasteiger partial charge in [0.1, 0.15) is 5.69 Å². The number of aromatic amines is 1. The molecule has 0 fully saturated rings. The number of hydrogen-bond acceptors (Lipinski definition) is 6. The molecule has 4 aromatic rings. The fourth-order valence-electron chi connectivity index (χ4n) is 3.33. The molecule has 0 saturated carbocycles. The van der Waals surface area contributed by atoms with Crippen LogP contribution in [0.25, 0.3) is 11.3 Å². The first-order valence-electron chi connectivity index (χ1n) is 9.58. The van der Waals surface area contributed by atoms with Crippen molar-refractivity contribution in [2.45, 2.75) is 20.4 Å². The lowest BCUT2D eigenvalue weighted by Crippen LogP contribution is -2.14. The van der Waals surface area contributed by atoms with Crippen LogP contribution in [-0.2, 0) is 11.3 Å². The van der Waals surface area contributed by atoms with E-state index in [1.54, 1.807) is 12.3 Å². The fraction of sp³-hybridized carbons (Fsp3) is 0.182. The summed E-state index contributed by atoms with van der Waals surface area (Å²) in [5, 5.41) is 9.69. The van der Waals surface area contributed by atoms with E-state index in [0.717, 1.165) is 16.8 Å². The summed E-state index contributed by atoms with van der Waals surface area (Å²) in [5.41, 5.74) is 4.85. The van der Waals surface area contributed by atoms with Crippen molar-refractivity contribution in [2.24, 2.45) is 0 Å². The molecule has 0 aliphatic rings. The van der Waals surface area contributed by atoms with Gasteiger partial charge in [0.25, 0.3) is 5.91 Å². The van der Waals surface area contributed by atoms with Gasteiger partial charge in [0.15, 0.2) is 5.13 Å². The first-order valence-corrected chi connectivity index (χ1v) is 10.5. The Bertz CT molecular complexity index is 1240. The van der Waals surface area contributed by atoms with E-state index < -0.39 is 5.97 Å². The van der Waals surface area contributed by atoms with Gasteiger partial charge in [-0.05, 0) is 25.5 Å². The zero-order valence-corrected chi connectivity index (χ0v) is 18.1. The molecule has 8 nitrogen and oxygen atoms in total. The van der Waals surface area contributed by atoms with Gasteiger partial charge in [-0.2, -0.15) is 5.10 Å². The lowest BCUT2D eigenvalue weighted by molar-refractivity contribution is 0.0594. The van der Waals surface area contributed by atoms with Crippen molar-refractivity contribution in [1.29, 1.82) is 0 Å². The van der Waals surface area contributed by atoms with Crippen molar-refractivity contribution in [1.82, 2.24) is 19.7 Å². The van der Waals surface area contributed by atoms with E-state index >= 15 is 0 Å². The molecule has 0 radical (unpaired) electrons. The maximum absolute atomic E-state index is 12.9. The smallest absolute Gasteiger partial charge is 0.354 e. The Balaban J connectivity index is 1.50. The Morgan fingerprint density at radius 2 is 2.00 bits per heavy atom. The van der Waals surface area contributed by atoms with Crippen LogP contribution in [0.5, 0.6) is 0 Å². The molecule has 1 amide bonds. The Hall–Kier alpha value is -3.72. The van der Waals surface area contributed by atoms with E-state index in [-0.39, 0.29) is 5.91 Å². The normalized spacial score (nSPS) is 10.8. The summed E-state index contributed by atoms with van der Waals surface area (Å²) in [6.07, 6.45) is 1.68. The molecule has 0 saturated heterocycles. The third-order valence-corrected chi connectivity index (χ3v) is 5.65. The van der Waals surface area contributed by atoms with Crippen molar-refractivity contribution >= 4 is 28.3 Å². The van der Waals surface area contributed by atoms with E-state index in [0.29, 0.717) is 34.3 Å². The Labute approximate surface area is 182 Å². The summed E-state index contributed by atoms with van der Waals surface area (Å²) in [6.45, 7) is 4.31. The number of hydrogen-bond donors (Lipinski definition) is 2. The van der Waals surface area contributed by atoms with Crippen molar-refractivity contribution in [3.63, 3.8) is 0 Å². The minimum absolute atomic E-state index is 0.250. The predicted molar refractivity (Wildman–Crippen MR) is 118 cm³/mol. The first kappa shape index (κ1) is 20.5. The highest BCUT2D eigenvalue weighted by Gasteiger charge is 2.20. The summed E-state index contributed by atoms with van der Waals surface area (Å²) in [6, 6.07) is 11.6. The number of rotatable bonds is 6. The van der Waals surface area contributed by atoms with Gasteiger partial charge in [-0.3, -0.25) is 14.8 Å². The van der Waals surface area contributed by atoms with Crippen LogP contribution < -0.4 is 5.32 Å². The Morgan fingerprint density at radius 1 is 1.23 bits per heavy atom. The molecule has 0 unspecified atom stereocenters. The number of thiazole rings is 1. The average Bonchev–Trinajstić information content (AvgIpc) is 3.48. The number of carbonyl (C=O) groups is 2. The third-order valence-electron chi connectivity index (χ3n) is 4.89. The van der Waals surface area contributed by atoms with E-state index in [2.05, 4.69) is 20.4 Å². The lowest BCUT2D eigenvalue weighted by atomic mass is 10.2. The van der Waals surface area contributed by atoms with Gasteiger partial charge in [0.2, 0.25) is 0 Å². The molecular weight excluding hydrogens is 414 g/mol. The van der Waals surface area contributed by atoms with Crippen LogP contribution in [0.3, 0.4) is 0 Å². The van der Waals surface area contributed by atoms with Crippen molar-refractivity contribution in [2.75, 3.05) is 12.4 Å². The Kier molecular flexibility index (Phi) is 5.68. The van der Waals surface area contributed by atoms with Gasteiger partial charge < -0.3 is 9.72 Å². The number of nitrogens with one attached hydrogen (secondary N) is 2. The number of methoxy groups -OCH3 is 1. The maximum atomic E-state index is 12.9. The number of H-pyrrole nitrogens is 1. The zero-order chi connectivity index (χ0) is 22.0. The highest BCUT2D eigenvalue weighted by molar-refractivity contribution is 7.14. The minimum Gasteiger partial charge on any atom is -0.464 e. The third kappa shape index (κ3) is 4.26. The summed E-state index contributed by atoms with van der Waals surface area (Å²) in [7, 11) is 1.32. The number of anilines is 1. The molecule has 3 aromatic heterocycles. The number of ether oxygens (including phenoxy) is 1. The lowest BCUT2D eigenvalue weighted by Gasteiger charge is -2.06. The number of aryl methyl sites for hydroxylation is 1. The van der Waals surface area contributed by atoms with E-state index in [1.807, 2.05) is 54.2 Å². The van der Waals surface area contributed by atoms with Crippen molar-refractivity contribution < 1.29 is 14.3 Å². The van der Waals surface area contributed by atoms with Crippen LogP contribution >= 0.6 is 11.3 Å². The zero-order valence-electron chi connectivity index (χ0n) is 17.3. The van der Waals surface area contributed by atoms with Crippen molar-refractivity contribution in [3.05, 3.63) is 76.2 Å². The van der Waals surface area contributed by atoms with Gasteiger partial charge in [0, 0.05) is 22.8 Å². The topological polar surface area (TPSA) is 102 Å². The van der Waals surface area contributed by atoms with Crippen LogP contribution in [-0.4, -0.2) is 38.7 Å². The van der Waals surface area contributed by atoms with Gasteiger partial charge in [-0.15, -0.1) is 11.3 Å². The SMILES string of the molecule is COC(=O)c1cc(-c2csc(NC(=O)c3c(C)nn(Cc4ccccc4)c3C)n2)c[nH]1. The van der Waals surface area contributed by atoms with E-state index in [4.69, 9.17) is 4.74 Å². The van der Waals surface area contributed by atoms with E-state index in [1.165, 1.54) is 18.4 Å². The maximum Gasteiger partial charge on any atom is 0.354 e. The summed E-state index contributed by atoms with van der Waals surface area (Å²) < 4.78 is 6.54. The van der Waals surface area contributed by atoms with Crippen LogP contribution in [0.2, 0.25) is 0 Å². The number of amides is 1. The predicted octanol–water partition coefficient (Wildman–Crippen LogP) is 4.04. The second kappa shape index (κ2) is 8.57. The average molecular weight is 436 g/mol. The second-order valence-corrected chi connectivity index (χ2v) is 7.83. The van der Waals surface area contributed by atoms with Crippen LogP contribution in [0, 0.1) is 13.8 Å². The highest BCUT2D eigenvalue weighted by Crippen LogP contribution is 2.26. The molecule has 9 heteroatoms. The summed E-state index contributed by atoms with van der Waals surface area (Å²) in [5.74, 6) is -0.701. The molecule has 0 spiro atoms. The van der Waals surface area contributed by atoms with E-state index in [9.17, 15) is 9.59 Å². The molecule has 0 aliphatic carbocycles. The second-order valence-electron chi connectivity index (χ2n) is 6.97. The number of carbonyl (C=O) groups excluding carboxylic acids is 2. The Morgan fingerprint density at radius 3 is 2.74 bits per heavy atom. The highest BCUT2D eigenvalue weighted by atomic mass is 32.1. The van der Waals surface area contributed by atoms with Crippen LogP contribution in [0.15, 0.2) is 48.0 Å². The first-order chi connectivity index (χ1) is 15.0. The van der Waals surface area contributed by atoms with Gasteiger partial charge >= 0.3 is 5.97 Å². The molecule has 0 bridgehead atoms. The van der Waals surface area contributed by atoms with Crippen LogP contribution in [0.1, 0.15) is 37.8 Å². The fourth-order valence-corrected chi connectivity index (χ4v) is 4.04. The number of nitrogens with zero attached hydrogens (tertiary/aromatic N) is 3. The summed E-state index contributed by atoms with van der Waals surface area (Å²) >= 11 is 1.31. The van der Waals surface area contributed by atoms with Crippen LogP contribution in [0.4, 0.5) is 5.13 Å². The van der Waals surface area contributed by atoms with Gasteiger partial charge in [-0.1, -0.05) is 30.3 Å². The molecule has 158 valence electrons. The molecule has 2 N–H and O–H groups in total. The number of aromatic nitrogens is 4. The van der Waals surface area contributed by atoms with Gasteiger partial charge in [0.05, 0.1) is 30.6 Å². The molecule has 31 heavy (non-hydrogen) atoms. The molecular formula is C22H21N5O3S. The standard InChI is InChI=1S/C22H21N5O3S/c1-13-19(14(2)27(26-13)11-15-7-5-4-6-8-15)20(28)25-22-24-18(12-31-22)16-9-17(23-10-16)21(29)30-3/h4-10,12,23H,11H2,1-3H3,(H,24,25,28).